The van der Waals surface area contributed by atoms with E-state index in [1.165, 1.54) is 0 Å². The van der Waals surface area contributed by atoms with E-state index in [0.717, 1.165) is 21.2 Å². The number of halogens is 1. The first kappa shape index (κ1) is 12.4. The second-order valence-electron chi connectivity index (χ2n) is 3.86. The average molecular weight is 270 g/mol. The van der Waals surface area contributed by atoms with Crippen molar-refractivity contribution in [1.29, 1.82) is 0 Å². The lowest BCUT2D eigenvalue weighted by Gasteiger charge is -2.16. The Morgan fingerprint density at radius 3 is 2.53 bits per heavy atom. The summed E-state index contributed by atoms with van der Waals surface area (Å²) in [5.41, 5.74) is 8.45. The molecule has 0 fully saturated rings. The second-order valence-corrected chi connectivity index (χ2v) is 4.77. The molecule has 1 rings (SSSR count). The summed E-state index contributed by atoms with van der Waals surface area (Å²) in [5, 5.41) is 9.85. The molecule has 0 bridgehead atoms. The van der Waals surface area contributed by atoms with E-state index >= 15 is 0 Å². The minimum atomic E-state index is -0.638. The highest BCUT2D eigenvalue weighted by atomic mass is 79.9. The van der Waals surface area contributed by atoms with Gasteiger partial charge in [0.25, 0.3) is 0 Å². The van der Waals surface area contributed by atoms with E-state index in [-0.39, 0.29) is 6.04 Å². The first-order valence-corrected chi connectivity index (χ1v) is 5.61. The topological polar surface area (TPSA) is 46.2 Å². The average Bonchev–Trinajstić information content (AvgIpc) is 2.15. The quantitative estimate of drug-likeness (QED) is 0.887. The normalized spacial score (nSPS) is 14.7. The number of aliphatic hydroxyl groups is 1. The van der Waals surface area contributed by atoms with Gasteiger partial charge in [-0.05, 0) is 43.2 Å². The van der Waals surface area contributed by atoms with Crippen molar-refractivity contribution in [3.63, 3.8) is 0 Å². The number of nitrogens with two attached hydrogens (primary N) is 1. The van der Waals surface area contributed by atoms with Crippen molar-refractivity contribution in [2.75, 3.05) is 0 Å². The fraction of sp³-hybridized carbons (Fsp3) is 0.333. The summed E-state index contributed by atoms with van der Waals surface area (Å²) in [7, 11) is 0. The fourth-order valence-electron chi connectivity index (χ4n) is 1.33. The number of benzene rings is 1. The molecule has 3 N–H and O–H groups in total. The Bertz CT molecular complexity index is 374. The summed E-state index contributed by atoms with van der Waals surface area (Å²) in [6.07, 6.45) is -0.638. The Labute approximate surface area is 98.9 Å². The monoisotopic (exact) mass is 269 g/mol. The van der Waals surface area contributed by atoms with E-state index in [1.807, 2.05) is 25.1 Å². The molecule has 2 atom stereocenters. The van der Waals surface area contributed by atoms with Crippen LogP contribution in [0.25, 0.3) is 5.57 Å². The van der Waals surface area contributed by atoms with E-state index in [0.29, 0.717) is 0 Å². The van der Waals surface area contributed by atoms with Gasteiger partial charge in [-0.25, -0.2) is 0 Å². The van der Waals surface area contributed by atoms with Crippen molar-refractivity contribution < 1.29 is 5.11 Å². The largest absolute Gasteiger partial charge is 0.387 e. The van der Waals surface area contributed by atoms with Crippen LogP contribution in [0.15, 0.2) is 29.3 Å². The van der Waals surface area contributed by atoms with Gasteiger partial charge in [0.2, 0.25) is 0 Å². The highest BCUT2D eigenvalue weighted by molar-refractivity contribution is 9.10. The molecule has 2 unspecified atom stereocenters. The lowest BCUT2D eigenvalue weighted by atomic mass is 9.99. The van der Waals surface area contributed by atoms with Crippen LogP contribution in [-0.4, -0.2) is 11.1 Å². The minimum Gasteiger partial charge on any atom is -0.387 e. The number of allylic oxidation sites excluding steroid dienone is 1. The molecule has 0 radical (unpaired) electrons. The fourth-order valence-corrected chi connectivity index (χ4v) is 1.84. The van der Waals surface area contributed by atoms with Crippen LogP contribution in [0.4, 0.5) is 0 Å². The standard InChI is InChI=1S/C12H16BrNO/c1-7(2)9-4-10(6-11(13)5-9)12(15)8(3)14/h4-6,8,12,15H,1,14H2,2-3H3. The van der Waals surface area contributed by atoms with Crippen LogP contribution < -0.4 is 5.73 Å². The van der Waals surface area contributed by atoms with Crippen LogP contribution in [0.2, 0.25) is 0 Å². The van der Waals surface area contributed by atoms with Crippen LogP contribution in [-0.2, 0) is 0 Å². The van der Waals surface area contributed by atoms with Crippen LogP contribution in [0.5, 0.6) is 0 Å². The molecule has 1 aromatic rings. The minimum absolute atomic E-state index is 0.280. The van der Waals surface area contributed by atoms with Crippen LogP contribution >= 0.6 is 15.9 Å². The van der Waals surface area contributed by atoms with Gasteiger partial charge in [-0.3, -0.25) is 0 Å². The van der Waals surface area contributed by atoms with Gasteiger partial charge in [-0.2, -0.15) is 0 Å². The van der Waals surface area contributed by atoms with Gasteiger partial charge in [0.15, 0.2) is 0 Å². The van der Waals surface area contributed by atoms with E-state index in [1.54, 1.807) is 6.92 Å². The molecule has 0 saturated heterocycles. The summed E-state index contributed by atoms with van der Waals surface area (Å²) in [5.74, 6) is 0. The van der Waals surface area contributed by atoms with Crippen LogP contribution in [0, 0.1) is 0 Å². The lowest BCUT2D eigenvalue weighted by molar-refractivity contribution is 0.153. The Morgan fingerprint density at radius 1 is 1.47 bits per heavy atom. The van der Waals surface area contributed by atoms with Crippen molar-refractivity contribution in [3.05, 3.63) is 40.4 Å². The number of hydrogen-bond donors (Lipinski definition) is 2. The Hall–Kier alpha value is -0.640. The molecule has 0 saturated carbocycles. The predicted molar refractivity (Wildman–Crippen MR) is 67.5 cm³/mol. The maximum atomic E-state index is 9.85. The molecule has 82 valence electrons. The third-order valence-electron chi connectivity index (χ3n) is 2.25. The molecular weight excluding hydrogens is 254 g/mol. The van der Waals surface area contributed by atoms with Crippen LogP contribution in [0.3, 0.4) is 0 Å². The summed E-state index contributed by atoms with van der Waals surface area (Å²) in [6, 6.07) is 5.48. The molecule has 0 aromatic heterocycles. The molecular formula is C12H16BrNO. The van der Waals surface area contributed by atoms with Gasteiger partial charge < -0.3 is 10.8 Å². The van der Waals surface area contributed by atoms with Gasteiger partial charge in [-0.1, -0.05) is 28.1 Å². The Morgan fingerprint density at radius 2 is 2.07 bits per heavy atom. The van der Waals surface area contributed by atoms with Crippen molar-refractivity contribution in [2.45, 2.75) is 26.0 Å². The SMILES string of the molecule is C=C(C)c1cc(Br)cc(C(O)C(C)N)c1. The Kier molecular flexibility index (Phi) is 4.08. The summed E-state index contributed by atoms with van der Waals surface area (Å²) < 4.78 is 0.928. The van der Waals surface area contributed by atoms with Gasteiger partial charge >= 0.3 is 0 Å². The third kappa shape index (κ3) is 3.16. The molecule has 0 spiro atoms. The van der Waals surface area contributed by atoms with Crippen molar-refractivity contribution >= 4 is 21.5 Å². The maximum absolute atomic E-state index is 9.85. The summed E-state index contributed by atoms with van der Waals surface area (Å²) in [6.45, 7) is 7.60. The van der Waals surface area contributed by atoms with E-state index < -0.39 is 6.10 Å². The lowest BCUT2D eigenvalue weighted by Crippen LogP contribution is -2.24. The second kappa shape index (κ2) is 4.92. The summed E-state index contributed by atoms with van der Waals surface area (Å²) in [4.78, 5) is 0. The molecule has 3 heteroatoms. The Balaban J connectivity index is 3.14. The van der Waals surface area contributed by atoms with E-state index in [2.05, 4.69) is 22.5 Å². The molecule has 0 heterocycles. The van der Waals surface area contributed by atoms with Crippen molar-refractivity contribution in [2.24, 2.45) is 5.73 Å². The predicted octanol–water partition coefficient (Wildman–Crippen LogP) is 2.86. The number of aliphatic hydroxyl groups excluding tert-OH is 1. The molecule has 0 aliphatic heterocycles. The van der Waals surface area contributed by atoms with Gasteiger partial charge in [0, 0.05) is 10.5 Å². The maximum Gasteiger partial charge on any atom is 0.0938 e. The van der Waals surface area contributed by atoms with Crippen molar-refractivity contribution in [1.82, 2.24) is 0 Å². The third-order valence-corrected chi connectivity index (χ3v) is 2.71. The van der Waals surface area contributed by atoms with E-state index in [4.69, 9.17) is 5.73 Å². The molecule has 0 aliphatic carbocycles. The highest BCUT2D eigenvalue weighted by Gasteiger charge is 2.13. The number of rotatable bonds is 3. The number of hydrogen-bond acceptors (Lipinski definition) is 2. The molecule has 15 heavy (non-hydrogen) atoms. The molecule has 1 aromatic carbocycles. The molecule has 2 nitrogen and oxygen atoms in total. The zero-order valence-corrected chi connectivity index (χ0v) is 10.6. The smallest absolute Gasteiger partial charge is 0.0938 e. The zero-order chi connectivity index (χ0) is 11.6. The summed E-state index contributed by atoms with van der Waals surface area (Å²) >= 11 is 3.41. The van der Waals surface area contributed by atoms with Crippen LogP contribution in [0.1, 0.15) is 31.1 Å². The molecule has 0 aliphatic rings. The highest BCUT2D eigenvalue weighted by Crippen LogP contribution is 2.25. The first-order valence-electron chi connectivity index (χ1n) is 4.82. The first-order chi connectivity index (χ1) is 6.91. The van der Waals surface area contributed by atoms with Gasteiger partial charge in [-0.15, -0.1) is 0 Å². The van der Waals surface area contributed by atoms with Crippen molar-refractivity contribution in [3.8, 4) is 0 Å². The van der Waals surface area contributed by atoms with Gasteiger partial charge in [0.1, 0.15) is 0 Å². The molecule has 0 amide bonds. The zero-order valence-electron chi connectivity index (χ0n) is 9.00. The van der Waals surface area contributed by atoms with E-state index in [9.17, 15) is 5.11 Å². The van der Waals surface area contributed by atoms with Gasteiger partial charge in [0.05, 0.1) is 6.10 Å².